The van der Waals surface area contributed by atoms with E-state index in [0.29, 0.717) is 17.8 Å². The maximum atomic E-state index is 12.1. The lowest BCUT2D eigenvalue weighted by atomic mass is 10.2. The highest BCUT2D eigenvalue weighted by Crippen LogP contribution is 2.22. The van der Waals surface area contributed by atoms with Crippen molar-refractivity contribution in [3.63, 3.8) is 0 Å². The van der Waals surface area contributed by atoms with Crippen molar-refractivity contribution in [3.8, 4) is 6.07 Å². The Morgan fingerprint density at radius 1 is 1.45 bits per heavy atom. The van der Waals surface area contributed by atoms with Gasteiger partial charge in [0.1, 0.15) is 10.7 Å². The van der Waals surface area contributed by atoms with E-state index in [4.69, 9.17) is 16.9 Å². The first-order valence-electron chi connectivity index (χ1n) is 5.70. The second-order valence-electron chi connectivity index (χ2n) is 3.94. The number of nitrogens with zero attached hydrogens (tertiary/aromatic N) is 2. The normalized spacial score (nSPS) is 11.2. The molecule has 0 aliphatic heterocycles. The van der Waals surface area contributed by atoms with Gasteiger partial charge in [0, 0.05) is 25.4 Å². The van der Waals surface area contributed by atoms with Gasteiger partial charge in [-0.2, -0.15) is 5.26 Å². The van der Waals surface area contributed by atoms with Crippen LogP contribution >= 0.6 is 11.6 Å². The van der Waals surface area contributed by atoms with E-state index in [-0.39, 0.29) is 16.5 Å². The molecule has 0 aliphatic rings. The summed E-state index contributed by atoms with van der Waals surface area (Å²) < 4.78 is 26.6. The van der Waals surface area contributed by atoms with Crippen molar-refractivity contribution < 1.29 is 8.42 Å². The monoisotopic (exact) mass is 310 g/mol. The molecular weight excluding hydrogens is 300 g/mol. The Morgan fingerprint density at radius 3 is 2.85 bits per heavy atom. The summed E-state index contributed by atoms with van der Waals surface area (Å²) >= 11 is 5.88. The number of nitriles is 1. The van der Waals surface area contributed by atoms with Gasteiger partial charge >= 0.3 is 0 Å². The molecule has 0 saturated carbocycles. The van der Waals surface area contributed by atoms with Gasteiger partial charge in [0.15, 0.2) is 0 Å². The fourth-order valence-corrected chi connectivity index (χ4v) is 3.18. The van der Waals surface area contributed by atoms with Crippen LogP contribution in [0.4, 0.5) is 0 Å². The van der Waals surface area contributed by atoms with Gasteiger partial charge in [-0.05, 0) is 18.2 Å². The second-order valence-corrected chi connectivity index (χ2v) is 6.08. The van der Waals surface area contributed by atoms with Gasteiger partial charge < -0.3 is 4.98 Å². The van der Waals surface area contributed by atoms with Crippen molar-refractivity contribution in [2.24, 2.45) is 0 Å². The van der Waals surface area contributed by atoms with E-state index < -0.39 is 10.0 Å². The van der Waals surface area contributed by atoms with Crippen molar-refractivity contribution >= 4 is 21.6 Å². The van der Waals surface area contributed by atoms with Crippen LogP contribution in [0.15, 0.2) is 35.5 Å². The van der Waals surface area contributed by atoms with Crippen molar-refractivity contribution in [3.05, 3.63) is 47.0 Å². The smallest absolute Gasteiger partial charge is 0.242 e. The molecule has 104 valence electrons. The Hall–Kier alpha value is -1.88. The van der Waals surface area contributed by atoms with Crippen LogP contribution < -0.4 is 4.72 Å². The lowest BCUT2D eigenvalue weighted by Crippen LogP contribution is -2.26. The Balaban J connectivity index is 2.08. The van der Waals surface area contributed by atoms with Crippen LogP contribution in [0.3, 0.4) is 0 Å². The minimum atomic E-state index is -3.70. The van der Waals surface area contributed by atoms with E-state index in [1.807, 2.05) is 6.07 Å². The molecule has 0 atom stereocenters. The summed E-state index contributed by atoms with van der Waals surface area (Å²) in [7, 11) is -3.70. The first kappa shape index (κ1) is 14.5. The topological polar surface area (TPSA) is 98.6 Å². The van der Waals surface area contributed by atoms with Gasteiger partial charge in [-0.25, -0.2) is 18.1 Å². The number of hydrogen-bond acceptors (Lipinski definition) is 4. The van der Waals surface area contributed by atoms with Gasteiger partial charge in [-0.1, -0.05) is 11.6 Å². The van der Waals surface area contributed by atoms with E-state index in [1.54, 1.807) is 12.4 Å². The Labute approximate surface area is 121 Å². The molecule has 0 saturated heterocycles. The number of hydrogen-bond donors (Lipinski definition) is 2. The summed E-state index contributed by atoms with van der Waals surface area (Å²) in [4.78, 5) is 6.83. The summed E-state index contributed by atoms with van der Waals surface area (Å²) in [5.41, 5.74) is 0.310. The van der Waals surface area contributed by atoms with Gasteiger partial charge in [-0.3, -0.25) is 0 Å². The number of sulfonamides is 1. The summed E-state index contributed by atoms with van der Waals surface area (Å²) in [6, 6.07) is 5.94. The molecule has 20 heavy (non-hydrogen) atoms. The fraction of sp³-hybridized carbons (Fsp3) is 0.167. The lowest BCUT2D eigenvalue weighted by molar-refractivity contribution is 0.581. The summed E-state index contributed by atoms with van der Waals surface area (Å²) in [5, 5.41) is 8.74. The molecule has 0 fully saturated rings. The number of aromatic amines is 1. The van der Waals surface area contributed by atoms with Crippen molar-refractivity contribution in [2.75, 3.05) is 6.54 Å². The number of halogens is 1. The lowest BCUT2D eigenvalue weighted by Gasteiger charge is -2.07. The molecule has 2 rings (SSSR count). The Kier molecular flexibility index (Phi) is 4.39. The van der Waals surface area contributed by atoms with Crippen LogP contribution in [0.2, 0.25) is 5.02 Å². The summed E-state index contributed by atoms with van der Waals surface area (Å²) in [6.07, 6.45) is 3.71. The molecule has 0 radical (unpaired) electrons. The SMILES string of the molecule is N#Cc1ccc(S(=O)(=O)NCCc2ncc[nH]2)c(Cl)c1. The maximum absolute atomic E-state index is 12.1. The zero-order valence-electron chi connectivity index (χ0n) is 10.3. The fourth-order valence-electron chi connectivity index (χ4n) is 1.60. The van der Waals surface area contributed by atoms with Gasteiger partial charge in [0.2, 0.25) is 10.0 Å². The molecule has 1 aromatic carbocycles. The quantitative estimate of drug-likeness (QED) is 0.873. The third-order valence-corrected chi connectivity index (χ3v) is 4.50. The van der Waals surface area contributed by atoms with Crippen LogP contribution in [-0.2, 0) is 16.4 Å². The average molecular weight is 311 g/mol. The minimum absolute atomic E-state index is 0.0227. The van der Waals surface area contributed by atoms with Gasteiger partial charge in [-0.15, -0.1) is 0 Å². The molecule has 0 unspecified atom stereocenters. The van der Waals surface area contributed by atoms with E-state index >= 15 is 0 Å². The van der Waals surface area contributed by atoms with E-state index in [0.717, 1.165) is 0 Å². The number of nitrogens with one attached hydrogen (secondary N) is 2. The molecule has 1 aromatic heterocycles. The largest absolute Gasteiger partial charge is 0.349 e. The van der Waals surface area contributed by atoms with Crippen LogP contribution in [-0.4, -0.2) is 24.9 Å². The first-order chi connectivity index (χ1) is 9.53. The van der Waals surface area contributed by atoms with Crippen molar-refractivity contribution in [1.29, 1.82) is 5.26 Å². The maximum Gasteiger partial charge on any atom is 0.242 e. The number of benzene rings is 1. The third kappa shape index (κ3) is 3.36. The molecule has 1 heterocycles. The standard InChI is InChI=1S/C12H11ClN4O2S/c13-10-7-9(8-14)1-2-11(10)20(18,19)17-4-3-12-15-5-6-16-12/h1-2,5-7,17H,3-4H2,(H,15,16). The highest BCUT2D eigenvalue weighted by atomic mass is 35.5. The van der Waals surface area contributed by atoms with E-state index in [9.17, 15) is 8.42 Å². The number of imidazole rings is 1. The second kappa shape index (κ2) is 6.05. The zero-order valence-corrected chi connectivity index (χ0v) is 11.9. The van der Waals surface area contributed by atoms with Crippen molar-refractivity contribution in [1.82, 2.24) is 14.7 Å². The average Bonchev–Trinajstić information content (AvgIpc) is 2.91. The predicted octanol–water partition coefficient (Wildman–Crippen LogP) is 1.46. The molecule has 8 heteroatoms. The van der Waals surface area contributed by atoms with Gasteiger partial charge in [0.05, 0.1) is 16.7 Å². The van der Waals surface area contributed by atoms with E-state index in [2.05, 4.69) is 14.7 Å². The predicted molar refractivity (Wildman–Crippen MR) is 73.6 cm³/mol. The Bertz CT molecular complexity index is 735. The Morgan fingerprint density at radius 2 is 2.25 bits per heavy atom. The van der Waals surface area contributed by atoms with Crippen LogP contribution in [0.5, 0.6) is 0 Å². The summed E-state index contributed by atoms with van der Waals surface area (Å²) in [5.74, 6) is 0.693. The first-order valence-corrected chi connectivity index (χ1v) is 7.56. The minimum Gasteiger partial charge on any atom is -0.349 e. The van der Waals surface area contributed by atoms with Crippen LogP contribution in [0, 0.1) is 11.3 Å². The third-order valence-electron chi connectivity index (χ3n) is 2.56. The zero-order chi connectivity index (χ0) is 14.6. The molecule has 0 aliphatic carbocycles. The highest BCUT2D eigenvalue weighted by molar-refractivity contribution is 7.89. The molecule has 2 aromatic rings. The molecular formula is C12H11ClN4O2S. The molecule has 0 amide bonds. The number of rotatable bonds is 5. The number of H-pyrrole nitrogens is 1. The molecule has 2 N–H and O–H groups in total. The summed E-state index contributed by atoms with van der Waals surface area (Å²) in [6.45, 7) is 0.201. The van der Waals surface area contributed by atoms with Gasteiger partial charge in [0.25, 0.3) is 0 Å². The molecule has 0 bridgehead atoms. The molecule has 6 nitrogen and oxygen atoms in total. The van der Waals surface area contributed by atoms with Crippen LogP contribution in [0.25, 0.3) is 0 Å². The highest BCUT2D eigenvalue weighted by Gasteiger charge is 2.17. The van der Waals surface area contributed by atoms with Crippen LogP contribution in [0.1, 0.15) is 11.4 Å². The van der Waals surface area contributed by atoms with E-state index in [1.165, 1.54) is 18.2 Å². The molecule has 0 spiro atoms. The number of aromatic nitrogens is 2. The van der Waals surface area contributed by atoms with Crippen molar-refractivity contribution in [2.45, 2.75) is 11.3 Å².